The summed E-state index contributed by atoms with van der Waals surface area (Å²) in [6.45, 7) is 3.71. The lowest BCUT2D eigenvalue weighted by Gasteiger charge is -2.12. The van der Waals surface area contributed by atoms with E-state index in [1.807, 2.05) is 6.92 Å². The van der Waals surface area contributed by atoms with Crippen LogP contribution in [-0.4, -0.2) is 25.4 Å². The van der Waals surface area contributed by atoms with Gasteiger partial charge in [0, 0.05) is 30.4 Å². The molecule has 1 unspecified atom stereocenters. The molecule has 0 aromatic carbocycles. The predicted octanol–water partition coefficient (Wildman–Crippen LogP) is 1.93. The van der Waals surface area contributed by atoms with Crippen LogP contribution in [0.4, 0.5) is 5.82 Å². The molecule has 0 aliphatic carbocycles. The van der Waals surface area contributed by atoms with Crippen LogP contribution < -0.4 is 10.0 Å². The van der Waals surface area contributed by atoms with Crippen LogP contribution in [0.25, 0.3) is 0 Å². The Labute approximate surface area is 122 Å². The monoisotopic (exact) mass is 312 g/mol. The van der Waals surface area contributed by atoms with Gasteiger partial charge >= 0.3 is 0 Å². The van der Waals surface area contributed by atoms with Gasteiger partial charge in [-0.2, -0.15) is 0 Å². The molecule has 0 fully saturated rings. The third-order valence-electron chi connectivity index (χ3n) is 2.64. The summed E-state index contributed by atoms with van der Waals surface area (Å²) in [6, 6.07) is 2.58. The fraction of sp³-hybridized carbons (Fsp3) is 0.333. The molecule has 0 saturated heterocycles. The Morgan fingerprint density at radius 2 is 2.10 bits per heavy atom. The predicted molar refractivity (Wildman–Crippen MR) is 79.4 cm³/mol. The molecular formula is C12H16N4O2S2. The van der Waals surface area contributed by atoms with Crippen LogP contribution in [-0.2, 0) is 10.0 Å². The van der Waals surface area contributed by atoms with E-state index in [2.05, 4.69) is 20.0 Å². The Bertz CT molecular complexity index is 697. The van der Waals surface area contributed by atoms with E-state index in [0.717, 1.165) is 9.88 Å². The molecule has 2 rings (SSSR count). The van der Waals surface area contributed by atoms with E-state index in [1.165, 1.54) is 29.7 Å². The topological polar surface area (TPSA) is 84.0 Å². The van der Waals surface area contributed by atoms with Crippen molar-refractivity contribution >= 4 is 27.2 Å². The first-order valence-electron chi connectivity index (χ1n) is 6.01. The van der Waals surface area contributed by atoms with Crippen molar-refractivity contribution in [2.75, 3.05) is 12.4 Å². The third kappa shape index (κ3) is 3.33. The van der Waals surface area contributed by atoms with E-state index in [9.17, 15) is 8.42 Å². The Balaban J connectivity index is 2.22. The number of sulfonamides is 1. The number of nitrogens with one attached hydrogen (secondary N) is 2. The molecule has 0 saturated carbocycles. The average molecular weight is 312 g/mol. The highest BCUT2D eigenvalue weighted by Gasteiger charge is 2.20. The molecule has 2 N–H and O–H groups in total. The van der Waals surface area contributed by atoms with E-state index >= 15 is 0 Å². The molecule has 1 atom stereocenters. The SMILES string of the molecule is CNc1cc(S(=O)(=O)NC(C)c2ncc(C)s2)ccn1. The summed E-state index contributed by atoms with van der Waals surface area (Å²) in [5.41, 5.74) is 0. The normalized spacial score (nSPS) is 13.2. The lowest BCUT2D eigenvalue weighted by atomic mass is 10.4. The maximum atomic E-state index is 12.3. The lowest BCUT2D eigenvalue weighted by molar-refractivity contribution is 0.566. The molecular weight excluding hydrogens is 296 g/mol. The standard InChI is InChI=1S/C12H16N4O2S2/c1-8-7-15-12(19-8)9(2)16-20(17,18)10-4-5-14-11(6-10)13-3/h4-7,9,16H,1-3H3,(H,13,14). The van der Waals surface area contributed by atoms with Crippen LogP contribution in [0.5, 0.6) is 0 Å². The van der Waals surface area contributed by atoms with E-state index < -0.39 is 10.0 Å². The van der Waals surface area contributed by atoms with Gasteiger partial charge in [-0.15, -0.1) is 11.3 Å². The summed E-state index contributed by atoms with van der Waals surface area (Å²) >= 11 is 1.48. The number of pyridine rings is 1. The van der Waals surface area contributed by atoms with Crippen LogP contribution in [0, 0.1) is 6.92 Å². The third-order valence-corrected chi connectivity index (χ3v) is 5.27. The molecule has 20 heavy (non-hydrogen) atoms. The second-order valence-electron chi connectivity index (χ2n) is 4.28. The van der Waals surface area contributed by atoms with Gasteiger partial charge in [0.2, 0.25) is 10.0 Å². The molecule has 0 bridgehead atoms. The maximum absolute atomic E-state index is 12.3. The van der Waals surface area contributed by atoms with Gasteiger partial charge in [0.1, 0.15) is 10.8 Å². The van der Waals surface area contributed by atoms with E-state index in [4.69, 9.17) is 0 Å². The summed E-state index contributed by atoms with van der Waals surface area (Å²) in [5.74, 6) is 0.505. The Hall–Kier alpha value is -1.51. The smallest absolute Gasteiger partial charge is 0.241 e. The number of thiazole rings is 1. The van der Waals surface area contributed by atoms with Gasteiger partial charge in [-0.25, -0.2) is 23.1 Å². The number of rotatable bonds is 5. The van der Waals surface area contributed by atoms with Gasteiger partial charge in [0.05, 0.1) is 10.9 Å². The first kappa shape index (κ1) is 14.9. The minimum absolute atomic E-state index is 0.178. The van der Waals surface area contributed by atoms with Gasteiger partial charge < -0.3 is 5.32 Å². The minimum Gasteiger partial charge on any atom is -0.373 e. The van der Waals surface area contributed by atoms with E-state index in [1.54, 1.807) is 20.2 Å². The van der Waals surface area contributed by atoms with Crippen molar-refractivity contribution in [3.63, 3.8) is 0 Å². The highest BCUT2D eigenvalue weighted by molar-refractivity contribution is 7.89. The van der Waals surface area contributed by atoms with Crippen molar-refractivity contribution < 1.29 is 8.42 Å². The highest BCUT2D eigenvalue weighted by atomic mass is 32.2. The van der Waals surface area contributed by atoms with Crippen LogP contribution in [0.15, 0.2) is 29.4 Å². The second kappa shape index (κ2) is 5.86. The number of hydrogen-bond donors (Lipinski definition) is 2. The van der Waals surface area contributed by atoms with Crippen molar-refractivity contribution in [3.05, 3.63) is 34.4 Å². The molecule has 6 nitrogen and oxygen atoms in total. The first-order chi connectivity index (χ1) is 9.42. The van der Waals surface area contributed by atoms with Gasteiger partial charge in [-0.1, -0.05) is 0 Å². The lowest BCUT2D eigenvalue weighted by Crippen LogP contribution is -2.26. The number of aromatic nitrogens is 2. The molecule has 2 aromatic heterocycles. The zero-order chi connectivity index (χ0) is 14.8. The van der Waals surface area contributed by atoms with Gasteiger partial charge in [-0.3, -0.25) is 0 Å². The first-order valence-corrected chi connectivity index (χ1v) is 8.31. The highest BCUT2D eigenvalue weighted by Crippen LogP contribution is 2.21. The molecule has 8 heteroatoms. The molecule has 0 amide bonds. The summed E-state index contributed by atoms with van der Waals surface area (Å²) < 4.78 is 27.2. The Kier molecular flexibility index (Phi) is 4.36. The van der Waals surface area contributed by atoms with Crippen molar-refractivity contribution in [1.82, 2.24) is 14.7 Å². The number of anilines is 1. The Morgan fingerprint density at radius 3 is 2.70 bits per heavy atom. The zero-order valence-corrected chi connectivity index (χ0v) is 13.0. The fourth-order valence-corrected chi connectivity index (χ4v) is 3.71. The van der Waals surface area contributed by atoms with Gasteiger partial charge in [0.25, 0.3) is 0 Å². The van der Waals surface area contributed by atoms with Gasteiger partial charge in [-0.05, 0) is 19.9 Å². The zero-order valence-electron chi connectivity index (χ0n) is 11.4. The summed E-state index contributed by atoms with van der Waals surface area (Å²) in [4.78, 5) is 9.42. The van der Waals surface area contributed by atoms with Crippen molar-refractivity contribution in [3.8, 4) is 0 Å². The summed E-state index contributed by atoms with van der Waals surface area (Å²) in [7, 11) is -1.91. The number of nitrogens with zero attached hydrogens (tertiary/aromatic N) is 2. The summed E-state index contributed by atoms with van der Waals surface area (Å²) in [5, 5.41) is 3.56. The molecule has 0 radical (unpaired) electrons. The van der Waals surface area contributed by atoms with Crippen LogP contribution >= 0.6 is 11.3 Å². The molecule has 2 aromatic rings. The van der Waals surface area contributed by atoms with E-state index in [-0.39, 0.29) is 10.9 Å². The molecule has 0 aliphatic heterocycles. The molecule has 0 spiro atoms. The summed E-state index contributed by atoms with van der Waals surface area (Å²) in [6.07, 6.45) is 3.19. The average Bonchev–Trinajstić information content (AvgIpc) is 2.85. The maximum Gasteiger partial charge on any atom is 0.241 e. The van der Waals surface area contributed by atoms with Crippen molar-refractivity contribution in [2.24, 2.45) is 0 Å². The largest absolute Gasteiger partial charge is 0.373 e. The quantitative estimate of drug-likeness (QED) is 0.881. The van der Waals surface area contributed by atoms with Crippen LogP contribution in [0.3, 0.4) is 0 Å². The molecule has 2 heterocycles. The molecule has 108 valence electrons. The molecule has 0 aliphatic rings. The van der Waals surface area contributed by atoms with E-state index in [0.29, 0.717) is 5.82 Å². The minimum atomic E-state index is -3.59. The van der Waals surface area contributed by atoms with Gasteiger partial charge in [0.15, 0.2) is 0 Å². The van der Waals surface area contributed by atoms with Crippen molar-refractivity contribution in [2.45, 2.75) is 24.8 Å². The second-order valence-corrected chi connectivity index (χ2v) is 7.26. The number of hydrogen-bond acceptors (Lipinski definition) is 6. The van der Waals surface area contributed by atoms with Crippen molar-refractivity contribution in [1.29, 1.82) is 0 Å². The Morgan fingerprint density at radius 1 is 1.35 bits per heavy atom. The van der Waals surface area contributed by atoms with Crippen LogP contribution in [0.2, 0.25) is 0 Å². The fourth-order valence-electron chi connectivity index (χ4n) is 1.64. The number of aryl methyl sites for hydroxylation is 1. The van der Waals surface area contributed by atoms with Crippen LogP contribution in [0.1, 0.15) is 22.9 Å².